The Morgan fingerprint density at radius 3 is 1.38 bits per heavy atom. The van der Waals surface area contributed by atoms with Crippen LogP contribution in [0.4, 0.5) is 0 Å². The third-order valence-corrected chi connectivity index (χ3v) is 3.07. The molecule has 2 N–H and O–H groups in total. The Hall–Kier alpha value is -3.02. The molecule has 2 aromatic carbocycles. The standard InChI is InChI=1S/2C9H10O3/c2*1-12-8-5-3-2-4-7(8)6-9(10)11/h2*2-5H,6H2,1H3,(H,10,11). The predicted molar refractivity (Wildman–Crippen MR) is 88.7 cm³/mol. The van der Waals surface area contributed by atoms with E-state index in [1.165, 1.54) is 14.2 Å². The number of aliphatic carboxylic acids is 2. The van der Waals surface area contributed by atoms with Crippen molar-refractivity contribution >= 4 is 11.9 Å². The van der Waals surface area contributed by atoms with Crippen LogP contribution in [0.1, 0.15) is 11.1 Å². The molecule has 0 heterocycles. The van der Waals surface area contributed by atoms with Crippen LogP contribution in [0.5, 0.6) is 11.5 Å². The van der Waals surface area contributed by atoms with Crippen molar-refractivity contribution in [1.82, 2.24) is 0 Å². The van der Waals surface area contributed by atoms with Crippen LogP contribution in [0.2, 0.25) is 0 Å². The number of rotatable bonds is 6. The second-order valence-corrected chi connectivity index (χ2v) is 4.76. The van der Waals surface area contributed by atoms with Crippen molar-refractivity contribution in [3.8, 4) is 11.5 Å². The molecule has 0 saturated heterocycles. The number of para-hydroxylation sites is 2. The molecule has 0 unspecified atom stereocenters. The minimum absolute atomic E-state index is 0.00398. The number of carboxylic acids is 2. The van der Waals surface area contributed by atoms with Crippen molar-refractivity contribution < 1.29 is 29.3 Å². The molecular formula is C18H20O6. The van der Waals surface area contributed by atoms with E-state index in [0.717, 1.165) is 0 Å². The number of benzene rings is 2. The lowest BCUT2D eigenvalue weighted by molar-refractivity contribution is -0.137. The highest BCUT2D eigenvalue weighted by molar-refractivity contribution is 5.71. The molecule has 0 fully saturated rings. The molecule has 0 radical (unpaired) electrons. The van der Waals surface area contributed by atoms with Crippen LogP contribution in [-0.4, -0.2) is 36.4 Å². The average Bonchev–Trinajstić information content (AvgIpc) is 2.55. The van der Waals surface area contributed by atoms with Gasteiger partial charge in [-0.05, 0) is 12.1 Å². The quantitative estimate of drug-likeness (QED) is 0.845. The van der Waals surface area contributed by atoms with Crippen molar-refractivity contribution in [2.24, 2.45) is 0 Å². The zero-order valence-electron chi connectivity index (χ0n) is 13.6. The van der Waals surface area contributed by atoms with E-state index in [2.05, 4.69) is 0 Å². The summed E-state index contributed by atoms with van der Waals surface area (Å²) in [6.07, 6.45) is 0.00796. The Bertz CT molecular complexity index is 621. The second-order valence-electron chi connectivity index (χ2n) is 4.76. The molecule has 2 aromatic rings. The highest BCUT2D eigenvalue weighted by Gasteiger charge is 2.05. The normalized spacial score (nSPS) is 9.42. The molecule has 6 heteroatoms. The minimum Gasteiger partial charge on any atom is -0.496 e. The number of hydrogen-bond acceptors (Lipinski definition) is 4. The second kappa shape index (κ2) is 9.89. The maximum Gasteiger partial charge on any atom is 0.307 e. The molecule has 0 spiro atoms. The third-order valence-electron chi connectivity index (χ3n) is 3.07. The number of ether oxygens (including phenoxy) is 2. The largest absolute Gasteiger partial charge is 0.496 e. The first-order valence-electron chi connectivity index (χ1n) is 7.15. The number of carbonyl (C=O) groups is 2. The van der Waals surface area contributed by atoms with Crippen molar-refractivity contribution in [3.63, 3.8) is 0 Å². The molecule has 0 amide bonds. The fourth-order valence-corrected chi connectivity index (χ4v) is 2.02. The first kappa shape index (κ1) is 19.0. The van der Waals surface area contributed by atoms with Gasteiger partial charge in [-0.15, -0.1) is 0 Å². The first-order chi connectivity index (χ1) is 11.5. The van der Waals surface area contributed by atoms with Gasteiger partial charge in [0, 0.05) is 11.1 Å². The van der Waals surface area contributed by atoms with E-state index in [4.69, 9.17) is 19.7 Å². The highest BCUT2D eigenvalue weighted by atomic mass is 16.5. The van der Waals surface area contributed by atoms with Crippen molar-refractivity contribution in [3.05, 3.63) is 59.7 Å². The molecule has 0 bridgehead atoms. The molecular weight excluding hydrogens is 312 g/mol. The van der Waals surface area contributed by atoms with Gasteiger partial charge in [-0.1, -0.05) is 36.4 Å². The first-order valence-corrected chi connectivity index (χ1v) is 7.15. The third kappa shape index (κ3) is 6.39. The maximum absolute atomic E-state index is 10.4. The van der Waals surface area contributed by atoms with Crippen LogP contribution in [0.3, 0.4) is 0 Å². The van der Waals surface area contributed by atoms with Gasteiger partial charge in [-0.3, -0.25) is 9.59 Å². The van der Waals surface area contributed by atoms with E-state index in [1.54, 1.807) is 36.4 Å². The van der Waals surface area contributed by atoms with E-state index in [0.29, 0.717) is 22.6 Å². The molecule has 0 aromatic heterocycles. The molecule has 0 atom stereocenters. The Kier molecular flexibility index (Phi) is 7.84. The van der Waals surface area contributed by atoms with Gasteiger partial charge in [-0.2, -0.15) is 0 Å². The molecule has 0 aliphatic heterocycles. The van der Waals surface area contributed by atoms with Crippen LogP contribution in [0.15, 0.2) is 48.5 Å². The smallest absolute Gasteiger partial charge is 0.307 e. The lowest BCUT2D eigenvalue weighted by Gasteiger charge is -2.04. The van der Waals surface area contributed by atoms with Crippen LogP contribution >= 0.6 is 0 Å². The Morgan fingerprint density at radius 1 is 0.750 bits per heavy atom. The molecule has 128 valence electrons. The SMILES string of the molecule is COc1ccccc1CC(=O)O.COc1ccccc1CC(=O)O. The molecule has 0 saturated carbocycles. The van der Waals surface area contributed by atoms with Gasteiger partial charge in [0.2, 0.25) is 0 Å². The highest BCUT2D eigenvalue weighted by Crippen LogP contribution is 2.18. The number of hydrogen-bond donors (Lipinski definition) is 2. The van der Waals surface area contributed by atoms with E-state index in [9.17, 15) is 9.59 Å². The maximum atomic E-state index is 10.4. The molecule has 0 aliphatic rings. The summed E-state index contributed by atoms with van der Waals surface area (Å²) < 4.78 is 9.97. The lowest BCUT2D eigenvalue weighted by Crippen LogP contribution is -2.01. The Labute approximate surface area is 140 Å². The number of carboxylic acid groups (broad SMARTS) is 2. The summed E-state index contributed by atoms with van der Waals surface area (Å²) in [5, 5.41) is 17.1. The van der Waals surface area contributed by atoms with Crippen LogP contribution < -0.4 is 9.47 Å². The summed E-state index contributed by atoms with van der Waals surface area (Å²) in [6, 6.07) is 14.2. The summed E-state index contributed by atoms with van der Waals surface area (Å²) >= 11 is 0. The van der Waals surface area contributed by atoms with Gasteiger partial charge in [0.05, 0.1) is 27.1 Å². The summed E-state index contributed by atoms with van der Waals surface area (Å²) in [6.45, 7) is 0. The predicted octanol–water partition coefficient (Wildman–Crippen LogP) is 2.64. The van der Waals surface area contributed by atoms with E-state index in [1.807, 2.05) is 12.1 Å². The molecule has 24 heavy (non-hydrogen) atoms. The van der Waals surface area contributed by atoms with Gasteiger partial charge in [0.1, 0.15) is 11.5 Å². The topological polar surface area (TPSA) is 93.1 Å². The zero-order chi connectivity index (χ0) is 17.9. The summed E-state index contributed by atoms with van der Waals surface area (Å²) in [5.74, 6) is -0.446. The van der Waals surface area contributed by atoms with Crippen LogP contribution in [-0.2, 0) is 22.4 Å². The van der Waals surface area contributed by atoms with Crippen molar-refractivity contribution in [1.29, 1.82) is 0 Å². The Balaban J connectivity index is 0.000000240. The van der Waals surface area contributed by atoms with Crippen molar-refractivity contribution in [2.45, 2.75) is 12.8 Å². The van der Waals surface area contributed by atoms with Gasteiger partial charge in [0.25, 0.3) is 0 Å². The van der Waals surface area contributed by atoms with E-state index < -0.39 is 11.9 Å². The van der Waals surface area contributed by atoms with Gasteiger partial charge in [-0.25, -0.2) is 0 Å². The fraction of sp³-hybridized carbons (Fsp3) is 0.222. The van der Waals surface area contributed by atoms with Crippen LogP contribution in [0, 0.1) is 0 Å². The fourth-order valence-electron chi connectivity index (χ4n) is 2.02. The average molecular weight is 332 g/mol. The minimum atomic E-state index is -0.848. The van der Waals surface area contributed by atoms with Gasteiger partial charge >= 0.3 is 11.9 Å². The summed E-state index contributed by atoms with van der Waals surface area (Å²) in [4.78, 5) is 20.8. The van der Waals surface area contributed by atoms with Gasteiger partial charge < -0.3 is 19.7 Å². The van der Waals surface area contributed by atoms with Crippen LogP contribution in [0.25, 0.3) is 0 Å². The molecule has 6 nitrogen and oxygen atoms in total. The Morgan fingerprint density at radius 2 is 1.08 bits per heavy atom. The number of methoxy groups -OCH3 is 2. The molecule has 0 aliphatic carbocycles. The molecule has 2 rings (SSSR count). The van der Waals surface area contributed by atoms with E-state index in [-0.39, 0.29) is 12.8 Å². The lowest BCUT2D eigenvalue weighted by atomic mass is 10.1. The van der Waals surface area contributed by atoms with E-state index >= 15 is 0 Å². The monoisotopic (exact) mass is 332 g/mol. The van der Waals surface area contributed by atoms with Gasteiger partial charge in [0.15, 0.2) is 0 Å². The summed E-state index contributed by atoms with van der Waals surface area (Å²) in [5.41, 5.74) is 1.40. The summed E-state index contributed by atoms with van der Waals surface area (Å²) in [7, 11) is 3.06. The van der Waals surface area contributed by atoms with Crippen molar-refractivity contribution in [2.75, 3.05) is 14.2 Å². The zero-order valence-corrected chi connectivity index (χ0v) is 13.6.